The molecule has 0 aliphatic carbocycles. The quantitative estimate of drug-likeness (QED) is 0.737. The van der Waals surface area contributed by atoms with Crippen LogP contribution in [0.1, 0.15) is 5.56 Å². The molecule has 0 fully saturated rings. The molecule has 3 aromatic rings. The van der Waals surface area contributed by atoms with E-state index in [0.29, 0.717) is 12.2 Å². The normalized spacial score (nSPS) is 11.6. The lowest BCUT2D eigenvalue weighted by atomic mass is 10.1. The predicted molar refractivity (Wildman–Crippen MR) is 82.9 cm³/mol. The molecule has 0 saturated carbocycles. The number of rotatable bonds is 5. The lowest BCUT2D eigenvalue weighted by Gasteiger charge is -2.07. The first-order valence-electron chi connectivity index (χ1n) is 6.66. The van der Waals surface area contributed by atoms with Crippen molar-refractivity contribution in [2.45, 2.75) is 6.42 Å². The molecule has 3 rings (SSSR count). The molecule has 0 saturated heterocycles. The molecule has 0 atom stereocenters. The van der Waals surface area contributed by atoms with Crippen molar-refractivity contribution in [1.29, 1.82) is 0 Å². The largest absolute Gasteiger partial charge is 0.382 e. The zero-order valence-electron chi connectivity index (χ0n) is 11.3. The Bertz CT molecular complexity index is 838. The van der Waals surface area contributed by atoms with Gasteiger partial charge in [-0.25, -0.2) is 0 Å². The molecule has 4 nitrogen and oxygen atoms in total. The van der Waals surface area contributed by atoms with Crippen molar-refractivity contribution < 1.29 is 12.6 Å². The van der Waals surface area contributed by atoms with Crippen molar-refractivity contribution in [3.05, 3.63) is 66.4 Å². The third-order valence-electron chi connectivity index (χ3n) is 3.22. The Morgan fingerprint density at radius 1 is 1.00 bits per heavy atom. The summed E-state index contributed by atoms with van der Waals surface area (Å²) in [5, 5.41) is 1.08. The molecule has 0 aliphatic rings. The molecule has 0 bridgehead atoms. The summed E-state index contributed by atoms with van der Waals surface area (Å²) < 4.78 is 29.0. The van der Waals surface area contributed by atoms with Gasteiger partial charge in [-0.2, -0.15) is 8.42 Å². The van der Waals surface area contributed by atoms with Gasteiger partial charge in [-0.3, -0.25) is 0 Å². The maximum absolute atomic E-state index is 12.0. The van der Waals surface area contributed by atoms with Crippen LogP contribution in [0.4, 0.5) is 0 Å². The van der Waals surface area contributed by atoms with Gasteiger partial charge in [0.1, 0.15) is 5.75 Å². The lowest BCUT2D eigenvalue weighted by molar-refractivity contribution is 0.485. The monoisotopic (exact) mass is 301 g/mol. The summed E-state index contributed by atoms with van der Waals surface area (Å²) in [5.74, 6) is 0.302. The van der Waals surface area contributed by atoms with Crippen LogP contribution >= 0.6 is 0 Å². The van der Waals surface area contributed by atoms with E-state index in [2.05, 4.69) is 4.98 Å². The van der Waals surface area contributed by atoms with Gasteiger partial charge in [0.15, 0.2) is 0 Å². The smallest absolute Gasteiger partial charge is 0.309 e. The van der Waals surface area contributed by atoms with Crippen LogP contribution in [0, 0.1) is 0 Å². The second-order valence-electron chi connectivity index (χ2n) is 4.81. The highest BCUT2D eigenvalue weighted by molar-refractivity contribution is 7.87. The van der Waals surface area contributed by atoms with Crippen molar-refractivity contribution >= 4 is 21.0 Å². The molecule has 1 aromatic heterocycles. The van der Waals surface area contributed by atoms with Crippen LogP contribution in [0.2, 0.25) is 0 Å². The number of H-pyrrole nitrogens is 1. The van der Waals surface area contributed by atoms with Gasteiger partial charge in [0, 0.05) is 11.7 Å². The molecular formula is C16H15NO3S. The van der Waals surface area contributed by atoms with Crippen LogP contribution in [-0.2, 0) is 16.5 Å². The molecule has 1 heterocycles. The van der Waals surface area contributed by atoms with Crippen LogP contribution in [0.25, 0.3) is 10.9 Å². The van der Waals surface area contributed by atoms with Gasteiger partial charge in [0.05, 0.1) is 5.75 Å². The van der Waals surface area contributed by atoms with E-state index in [1.165, 1.54) is 0 Å². The minimum atomic E-state index is -3.58. The highest BCUT2D eigenvalue weighted by atomic mass is 32.2. The van der Waals surface area contributed by atoms with Crippen LogP contribution in [0.5, 0.6) is 5.75 Å². The number of benzene rings is 2. The van der Waals surface area contributed by atoms with E-state index in [1.54, 1.807) is 24.3 Å². The SMILES string of the molecule is O=S(=O)(CCc1ccc2[nH]ccc2c1)Oc1ccccc1. The molecular weight excluding hydrogens is 286 g/mol. The number of aromatic amines is 1. The summed E-state index contributed by atoms with van der Waals surface area (Å²) in [6.45, 7) is 0. The van der Waals surface area contributed by atoms with Crippen molar-refractivity contribution in [3.63, 3.8) is 0 Å². The van der Waals surface area contributed by atoms with Gasteiger partial charge in [-0.15, -0.1) is 0 Å². The first-order chi connectivity index (χ1) is 10.1. The molecule has 0 aliphatic heterocycles. The molecule has 108 valence electrons. The summed E-state index contributed by atoms with van der Waals surface area (Å²) in [6, 6.07) is 16.4. The van der Waals surface area contributed by atoms with Crippen LogP contribution < -0.4 is 4.18 Å². The minimum Gasteiger partial charge on any atom is -0.382 e. The zero-order valence-corrected chi connectivity index (χ0v) is 12.1. The number of para-hydroxylation sites is 1. The van der Waals surface area contributed by atoms with Crippen molar-refractivity contribution in [3.8, 4) is 5.75 Å². The third kappa shape index (κ3) is 3.44. The highest BCUT2D eigenvalue weighted by Gasteiger charge is 2.13. The maximum Gasteiger partial charge on any atom is 0.309 e. The Morgan fingerprint density at radius 3 is 2.62 bits per heavy atom. The van der Waals surface area contributed by atoms with Crippen molar-refractivity contribution in [2.75, 3.05) is 5.75 Å². The third-order valence-corrected chi connectivity index (χ3v) is 4.38. The van der Waals surface area contributed by atoms with Crippen LogP contribution in [0.3, 0.4) is 0 Å². The van der Waals surface area contributed by atoms with E-state index in [1.807, 2.05) is 36.5 Å². The standard InChI is InChI=1S/C16H15NO3S/c18-21(19,20-15-4-2-1-3-5-15)11-9-13-6-7-16-14(12-13)8-10-17-16/h1-8,10,12,17H,9,11H2. The summed E-state index contributed by atoms with van der Waals surface area (Å²) in [7, 11) is -3.58. The second-order valence-corrected chi connectivity index (χ2v) is 6.50. The Morgan fingerprint density at radius 2 is 1.81 bits per heavy atom. The predicted octanol–water partition coefficient (Wildman–Crippen LogP) is 3.12. The van der Waals surface area contributed by atoms with Crippen molar-refractivity contribution in [2.24, 2.45) is 0 Å². The fourth-order valence-corrected chi connectivity index (χ4v) is 3.14. The summed E-state index contributed by atoms with van der Waals surface area (Å²) in [5.41, 5.74) is 2.02. The maximum atomic E-state index is 12.0. The van der Waals surface area contributed by atoms with Gasteiger partial charge in [0.25, 0.3) is 0 Å². The molecule has 21 heavy (non-hydrogen) atoms. The number of hydrogen-bond donors (Lipinski definition) is 1. The number of aryl methyl sites for hydroxylation is 1. The summed E-state index contributed by atoms with van der Waals surface area (Å²) in [4.78, 5) is 3.11. The summed E-state index contributed by atoms with van der Waals surface area (Å²) >= 11 is 0. The van der Waals surface area contributed by atoms with Crippen molar-refractivity contribution in [1.82, 2.24) is 4.98 Å². The van der Waals surface area contributed by atoms with E-state index >= 15 is 0 Å². The number of aromatic nitrogens is 1. The van der Waals surface area contributed by atoms with E-state index in [-0.39, 0.29) is 5.75 Å². The van der Waals surface area contributed by atoms with Crippen LogP contribution in [0.15, 0.2) is 60.8 Å². The average Bonchev–Trinajstić information content (AvgIpc) is 2.93. The molecule has 0 unspecified atom stereocenters. The molecule has 0 amide bonds. The lowest BCUT2D eigenvalue weighted by Crippen LogP contribution is -2.15. The number of fused-ring (bicyclic) bond motifs is 1. The molecule has 1 N–H and O–H groups in total. The second kappa shape index (κ2) is 5.61. The van der Waals surface area contributed by atoms with Gasteiger partial charge >= 0.3 is 10.1 Å². The van der Waals surface area contributed by atoms with Crippen LogP contribution in [-0.4, -0.2) is 19.2 Å². The number of nitrogens with one attached hydrogen (secondary N) is 1. The van der Waals surface area contributed by atoms with E-state index in [0.717, 1.165) is 16.5 Å². The first-order valence-corrected chi connectivity index (χ1v) is 8.23. The molecule has 5 heteroatoms. The van der Waals surface area contributed by atoms with E-state index in [9.17, 15) is 8.42 Å². The Hall–Kier alpha value is -2.27. The van der Waals surface area contributed by atoms with Gasteiger partial charge in [0.2, 0.25) is 0 Å². The zero-order chi connectivity index (χ0) is 14.7. The van der Waals surface area contributed by atoms with Gasteiger partial charge in [-0.05, 0) is 47.7 Å². The number of hydrogen-bond acceptors (Lipinski definition) is 3. The Balaban J connectivity index is 1.68. The average molecular weight is 301 g/mol. The van der Waals surface area contributed by atoms with Gasteiger partial charge < -0.3 is 9.17 Å². The molecule has 0 radical (unpaired) electrons. The Labute approximate surface area is 123 Å². The molecule has 2 aromatic carbocycles. The van der Waals surface area contributed by atoms with Gasteiger partial charge in [-0.1, -0.05) is 24.3 Å². The van der Waals surface area contributed by atoms with E-state index < -0.39 is 10.1 Å². The Kier molecular flexibility index (Phi) is 3.66. The highest BCUT2D eigenvalue weighted by Crippen LogP contribution is 2.16. The topological polar surface area (TPSA) is 59.2 Å². The first kappa shape index (κ1) is 13.7. The fraction of sp³-hybridized carbons (Fsp3) is 0.125. The molecule has 0 spiro atoms. The minimum absolute atomic E-state index is 0.0438. The fourth-order valence-electron chi connectivity index (χ4n) is 2.17. The summed E-state index contributed by atoms with van der Waals surface area (Å²) in [6.07, 6.45) is 2.29. The van der Waals surface area contributed by atoms with E-state index in [4.69, 9.17) is 4.18 Å².